The Morgan fingerprint density at radius 1 is 1.45 bits per heavy atom. The lowest BCUT2D eigenvalue weighted by Crippen LogP contribution is -2.16. The van der Waals surface area contributed by atoms with Gasteiger partial charge < -0.3 is 15.0 Å². The number of aryl methyl sites for hydroxylation is 2. The summed E-state index contributed by atoms with van der Waals surface area (Å²) >= 11 is 1.55. The lowest BCUT2D eigenvalue weighted by molar-refractivity contribution is 0.0962. The molecule has 1 saturated heterocycles. The molecule has 0 amide bonds. The fourth-order valence-corrected chi connectivity index (χ4v) is 3.68. The van der Waals surface area contributed by atoms with Crippen LogP contribution in [0.25, 0.3) is 11.3 Å². The van der Waals surface area contributed by atoms with Gasteiger partial charge >= 0.3 is 0 Å². The molecular formula is C15H21N3OS. The second-order valence-corrected chi connectivity index (χ2v) is 6.72. The van der Waals surface area contributed by atoms with Crippen molar-refractivity contribution in [1.82, 2.24) is 9.55 Å². The molecule has 3 rings (SSSR count). The molecule has 0 saturated carbocycles. The second-order valence-electron chi connectivity index (χ2n) is 5.49. The van der Waals surface area contributed by atoms with E-state index in [1.165, 1.54) is 28.2 Å². The molecule has 4 nitrogen and oxygen atoms in total. The Bertz CT molecular complexity index is 623. The number of nitrogens with zero attached hydrogens (tertiary/aromatic N) is 2. The maximum absolute atomic E-state index is 5.82. The van der Waals surface area contributed by atoms with E-state index in [4.69, 9.17) is 10.5 Å². The van der Waals surface area contributed by atoms with Crippen LogP contribution in [0.4, 0.5) is 5.13 Å². The maximum atomic E-state index is 5.82. The van der Waals surface area contributed by atoms with E-state index in [1.807, 2.05) is 0 Å². The number of ether oxygens (including phenoxy) is 1. The summed E-state index contributed by atoms with van der Waals surface area (Å²) in [5.74, 6) is 0. The average molecular weight is 291 g/mol. The van der Waals surface area contributed by atoms with E-state index >= 15 is 0 Å². The Morgan fingerprint density at radius 2 is 2.25 bits per heavy atom. The predicted octanol–water partition coefficient (Wildman–Crippen LogP) is 3.30. The second kappa shape index (κ2) is 5.22. The van der Waals surface area contributed by atoms with Crippen LogP contribution in [0.5, 0.6) is 0 Å². The van der Waals surface area contributed by atoms with Gasteiger partial charge in [-0.1, -0.05) is 0 Å². The Hall–Kier alpha value is -1.33. The van der Waals surface area contributed by atoms with Gasteiger partial charge in [-0.2, -0.15) is 0 Å². The van der Waals surface area contributed by atoms with Crippen molar-refractivity contribution in [2.75, 3.05) is 12.3 Å². The summed E-state index contributed by atoms with van der Waals surface area (Å²) in [4.78, 5) is 5.66. The highest BCUT2D eigenvalue weighted by atomic mass is 32.1. The van der Waals surface area contributed by atoms with Crippen molar-refractivity contribution in [3.63, 3.8) is 0 Å². The largest absolute Gasteiger partial charge is 0.376 e. The van der Waals surface area contributed by atoms with Crippen molar-refractivity contribution >= 4 is 16.5 Å². The molecule has 20 heavy (non-hydrogen) atoms. The first-order valence-electron chi connectivity index (χ1n) is 7.08. The van der Waals surface area contributed by atoms with E-state index < -0.39 is 0 Å². The van der Waals surface area contributed by atoms with E-state index in [9.17, 15) is 0 Å². The van der Waals surface area contributed by atoms with Crippen LogP contribution in [0.1, 0.15) is 29.1 Å². The summed E-state index contributed by atoms with van der Waals surface area (Å²) in [6.45, 7) is 8.23. The average Bonchev–Trinajstić information content (AvgIpc) is 3.07. The fraction of sp³-hybridized carbons (Fsp3) is 0.533. The third-order valence-electron chi connectivity index (χ3n) is 4.05. The van der Waals surface area contributed by atoms with E-state index in [2.05, 4.69) is 36.4 Å². The molecule has 1 unspecified atom stereocenters. The van der Waals surface area contributed by atoms with Gasteiger partial charge in [0.15, 0.2) is 5.13 Å². The minimum absolute atomic E-state index is 0.356. The SMILES string of the molecule is Cc1sc(N)nc1-c1cc(C)n(CC2CCCO2)c1C. The molecule has 1 aliphatic rings. The molecule has 5 heteroatoms. The van der Waals surface area contributed by atoms with Gasteiger partial charge in [-0.3, -0.25) is 0 Å². The van der Waals surface area contributed by atoms with Gasteiger partial charge in [-0.25, -0.2) is 4.98 Å². The fourth-order valence-electron chi connectivity index (χ4n) is 2.98. The van der Waals surface area contributed by atoms with Crippen molar-refractivity contribution in [1.29, 1.82) is 0 Å². The smallest absolute Gasteiger partial charge is 0.180 e. The highest BCUT2D eigenvalue weighted by Gasteiger charge is 2.20. The summed E-state index contributed by atoms with van der Waals surface area (Å²) in [6, 6.07) is 2.21. The summed E-state index contributed by atoms with van der Waals surface area (Å²) in [5.41, 5.74) is 10.6. The van der Waals surface area contributed by atoms with Gasteiger partial charge in [0.2, 0.25) is 0 Å². The van der Waals surface area contributed by atoms with E-state index in [0.29, 0.717) is 11.2 Å². The molecule has 2 aromatic rings. The summed E-state index contributed by atoms with van der Waals surface area (Å²) in [5, 5.41) is 0.640. The van der Waals surface area contributed by atoms with Crippen LogP contribution in [0, 0.1) is 20.8 Å². The summed E-state index contributed by atoms with van der Waals surface area (Å²) in [6.07, 6.45) is 2.70. The van der Waals surface area contributed by atoms with Crippen molar-refractivity contribution in [2.45, 2.75) is 46.3 Å². The number of aromatic nitrogens is 2. The minimum Gasteiger partial charge on any atom is -0.376 e. The van der Waals surface area contributed by atoms with Gasteiger partial charge in [-0.05, 0) is 39.7 Å². The molecule has 1 fully saturated rings. The number of anilines is 1. The Morgan fingerprint density at radius 3 is 2.85 bits per heavy atom. The highest BCUT2D eigenvalue weighted by Crippen LogP contribution is 2.33. The summed E-state index contributed by atoms with van der Waals surface area (Å²) < 4.78 is 8.10. The van der Waals surface area contributed by atoms with E-state index in [1.54, 1.807) is 11.3 Å². The monoisotopic (exact) mass is 291 g/mol. The van der Waals surface area contributed by atoms with Crippen LogP contribution in [0.3, 0.4) is 0 Å². The first-order valence-corrected chi connectivity index (χ1v) is 7.89. The Kier molecular flexibility index (Phi) is 3.56. The highest BCUT2D eigenvalue weighted by molar-refractivity contribution is 7.15. The predicted molar refractivity (Wildman–Crippen MR) is 83.1 cm³/mol. The van der Waals surface area contributed by atoms with Gasteiger partial charge in [-0.15, -0.1) is 11.3 Å². The molecule has 2 N–H and O–H groups in total. The van der Waals surface area contributed by atoms with Crippen LogP contribution < -0.4 is 5.73 Å². The molecule has 0 aliphatic carbocycles. The Labute approximate surface area is 123 Å². The first-order chi connectivity index (χ1) is 9.56. The third-order valence-corrected chi connectivity index (χ3v) is 4.85. The van der Waals surface area contributed by atoms with Crippen molar-refractivity contribution in [3.8, 4) is 11.3 Å². The minimum atomic E-state index is 0.356. The van der Waals surface area contributed by atoms with E-state index in [0.717, 1.165) is 25.3 Å². The molecular weight excluding hydrogens is 270 g/mol. The van der Waals surface area contributed by atoms with Crippen molar-refractivity contribution < 1.29 is 4.74 Å². The molecule has 1 aliphatic heterocycles. The number of hydrogen-bond donors (Lipinski definition) is 1. The zero-order valence-corrected chi connectivity index (χ0v) is 13.1. The van der Waals surface area contributed by atoms with Crippen LogP contribution in [0.2, 0.25) is 0 Å². The van der Waals surface area contributed by atoms with Gasteiger partial charge in [0.05, 0.1) is 11.8 Å². The molecule has 0 spiro atoms. The zero-order chi connectivity index (χ0) is 14.3. The Balaban J connectivity index is 1.95. The van der Waals surface area contributed by atoms with E-state index in [-0.39, 0.29) is 0 Å². The number of nitrogens with two attached hydrogens (primary N) is 1. The number of thiazole rings is 1. The lowest BCUT2D eigenvalue weighted by Gasteiger charge is -2.14. The standard InChI is InChI=1S/C15H21N3OS/c1-9-7-13(14-11(3)20-15(16)17-14)10(2)18(9)8-12-5-4-6-19-12/h7,12H,4-6,8H2,1-3H3,(H2,16,17). The molecule has 0 bridgehead atoms. The number of nitrogen functional groups attached to an aromatic ring is 1. The third kappa shape index (κ3) is 2.36. The quantitative estimate of drug-likeness (QED) is 0.944. The molecule has 0 aromatic carbocycles. The molecule has 1 atom stereocenters. The zero-order valence-electron chi connectivity index (χ0n) is 12.3. The normalized spacial score (nSPS) is 18.9. The van der Waals surface area contributed by atoms with Crippen LogP contribution in [-0.2, 0) is 11.3 Å². The van der Waals surface area contributed by atoms with Crippen molar-refractivity contribution in [3.05, 3.63) is 22.3 Å². The van der Waals surface area contributed by atoms with Crippen molar-refractivity contribution in [2.24, 2.45) is 0 Å². The van der Waals surface area contributed by atoms with Crippen LogP contribution >= 0.6 is 11.3 Å². The maximum Gasteiger partial charge on any atom is 0.180 e. The number of hydrogen-bond acceptors (Lipinski definition) is 4. The van der Waals surface area contributed by atoms with Gasteiger partial charge in [0.25, 0.3) is 0 Å². The van der Waals surface area contributed by atoms with Gasteiger partial charge in [0, 0.05) is 35.0 Å². The van der Waals surface area contributed by atoms with Crippen LogP contribution in [0.15, 0.2) is 6.07 Å². The molecule has 108 valence electrons. The topological polar surface area (TPSA) is 53.1 Å². The molecule has 2 aromatic heterocycles. The van der Waals surface area contributed by atoms with Crippen LogP contribution in [-0.4, -0.2) is 22.3 Å². The lowest BCUT2D eigenvalue weighted by atomic mass is 10.1. The first kappa shape index (κ1) is 13.6. The van der Waals surface area contributed by atoms with Gasteiger partial charge in [0.1, 0.15) is 0 Å². The number of rotatable bonds is 3. The summed E-state index contributed by atoms with van der Waals surface area (Å²) in [7, 11) is 0. The molecule has 0 radical (unpaired) electrons. The molecule has 3 heterocycles.